The normalized spacial score (nSPS) is 19.4. The number of amides is 4. The predicted molar refractivity (Wildman–Crippen MR) is 123 cm³/mol. The number of aromatic nitrogens is 2. The first-order chi connectivity index (χ1) is 15.9. The molecule has 5 rings (SSSR count). The summed E-state index contributed by atoms with van der Waals surface area (Å²) < 4.78 is 1.67. The number of aryl methyl sites for hydroxylation is 1. The number of hydrogen-bond acceptors (Lipinski definition) is 4. The lowest BCUT2D eigenvalue weighted by molar-refractivity contribution is -0.135. The van der Waals surface area contributed by atoms with Crippen molar-refractivity contribution >= 4 is 35.3 Å². The Morgan fingerprint density at radius 2 is 1.82 bits per heavy atom. The number of rotatable bonds is 5. The molecule has 0 radical (unpaired) electrons. The molecule has 1 aromatic heterocycles. The molecule has 4 amide bonds. The van der Waals surface area contributed by atoms with Gasteiger partial charge < -0.3 is 20.4 Å². The van der Waals surface area contributed by atoms with Gasteiger partial charge in [0.15, 0.2) is 0 Å². The van der Waals surface area contributed by atoms with Crippen LogP contribution in [0.5, 0.6) is 0 Å². The predicted octanol–water partition coefficient (Wildman–Crippen LogP) is 3.22. The molecule has 3 aliphatic rings. The maximum Gasteiger partial charge on any atom is 0.330 e. The Morgan fingerprint density at radius 3 is 2.45 bits per heavy atom. The fraction of sp³-hybridized carbons (Fsp3) is 0.478. The van der Waals surface area contributed by atoms with Crippen LogP contribution in [-0.4, -0.2) is 62.5 Å². The largest absolute Gasteiger partial charge is 0.341 e. The van der Waals surface area contributed by atoms with E-state index in [1.54, 1.807) is 35.0 Å². The molecule has 1 aliphatic carbocycles. The van der Waals surface area contributed by atoms with Crippen LogP contribution in [-0.2, 0) is 11.3 Å². The van der Waals surface area contributed by atoms with Crippen molar-refractivity contribution in [3.63, 3.8) is 0 Å². The Balaban J connectivity index is 1.16. The monoisotopic (exact) mass is 470 g/mol. The van der Waals surface area contributed by atoms with Crippen LogP contribution in [0, 0.1) is 12.8 Å². The SMILES string of the molecule is Cc1ncc2n1C(=O)N(C1CCN(C(=O)C(NC(=O)Nc3ccc(Cl)cc3)C3CC3)CC1)C2. The summed E-state index contributed by atoms with van der Waals surface area (Å²) in [6.45, 7) is 3.54. The Labute approximate surface area is 197 Å². The smallest absolute Gasteiger partial charge is 0.330 e. The summed E-state index contributed by atoms with van der Waals surface area (Å²) in [6, 6.07) is 5.98. The van der Waals surface area contributed by atoms with Crippen molar-refractivity contribution in [2.45, 2.75) is 51.2 Å². The molecule has 1 saturated heterocycles. The van der Waals surface area contributed by atoms with E-state index in [0.29, 0.717) is 36.2 Å². The number of hydrogen-bond donors (Lipinski definition) is 2. The maximum absolute atomic E-state index is 13.3. The van der Waals surface area contributed by atoms with Gasteiger partial charge >= 0.3 is 12.1 Å². The first-order valence-electron chi connectivity index (χ1n) is 11.4. The highest BCUT2D eigenvalue weighted by Gasteiger charge is 2.41. The molecule has 174 valence electrons. The van der Waals surface area contributed by atoms with E-state index >= 15 is 0 Å². The second kappa shape index (κ2) is 8.70. The molecule has 33 heavy (non-hydrogen) atoms. The number of carbonyl (C=O) groups is 3. The van der Waals surface area contributed by atoms with Crippen molar-refractivity contribution in [3.05, 3.63) is 47.0 Å². The summed E-state index contributed by atoms with van der Waals surface area (Å²) in [5.41, 5.74) is 1.53. The highest BCUT2D eigenvalue weighted by Crippen LogP contribution is 2.34. The minimum Gasteiger partial charge on any atom is -0.341 e. The third-order valence-corrected chi connectivity index (χ3v) is 7.00. The zero-order valence-corrected chi connectivity index (χ0v) is 19.2. The summed E-state index contributed by atoms with van der Waals surface area (Å²) in [6.07, 6.45) is 5.07. The molecule has 1 unspecified atom stereocenters. The Kier molecular flexibility index (Phi) is 5.74. The van der Waals surface area contributed by atoms with Crippen molar-refractivity contribution in [2.24, 2.45) is 5.92 Å². The quantitative estimate of drug-likeness (QED) is 0.700. The standard InChI is InChI=1S/C23H27ClN6O3/c1-14-25-12-19-13-29(23(33)30(14)19)18-8-10-28(11-9-18)21(31)20(15-2-3-15)27-22(32)26-17-6-4-16(24)5-7-17/h4-7,12,15,18,20H,2-3,8-11,13H2,1H3,(H2,26,27,32). The fourth-order valence-corrected chi connectivity index (χ4v) is 4.89. The van der Waals surface area contributed by atoms with Gasteiger partial charge in [-0.25, -0.2) is 14.6 Å². The highest BCUT2D eigenvalue weighted by molar-refractivity contribution is 6.30. The summed E-state index contributed by atoms with van der Waals surface area (Å²) in [4.78, 5) is 46.5. The van der Waals surface area contributed by atoms with E-state index in [1.807, 2.05) is 16.7 Å². The highest BCUT2D eigenvalue weighted by atomic mass is 35.5. The minimum atomic E-state index is -0.531. The van der Waals surface area contributed by atoms with Gasteiger partial charge in [-0.05, 0) is 62.8 Å². The van der Waals surface area contributed by atoms with Crippen LogP contribution in [0.1, 0.15) is 37.2 Å². The number of nitrogens with one attached hydrogen (secondary N) is 2. The fourth-order valence-electron chi connectivity index (χ4n) is 4.77. The van der Waals surface area contributed by atoms with E-state index in [0.717, 1.165) is 31.4 Å². The van der Waals surface area contributed by atoms with Gasteiger partial charge in [0.25, 0.3) is 0 Å². The van der Waals surface area contributed by atoms with Crippen LogP contribution in [0.2, 0.25) is 5.02 Å². The number of piperidine rings is 1. The number of imidazole rings is 1. The summed E-state index contributed by atoms with van der Waals surface area (Å²) in [5, 5.41) is 6.24. The molecule has 1 atom stereocenters. The van der Waals surface area contributed by atoms with Crippen molar-refractivity contribution in [2.75, 3.05) is 18.4 Å². The first-order valence-corrected chi connectivity index (χ1v) is 11.7. The summed E-state index contributed by atoms with van der Waals surface area (Å²) in [7, 11) is 0. The van der Waals surface area contributed by atoms with E-state index in [1.165, 1.54) is 0 Å². The van der Waals surface area contributed by atoms with Gasteiger partial charge in [0, 0.05) is 29.8 Å². The molecule has 0 bridgehead atoms. The van der Waals surface area contributed by atoms with Crippen LogP contribution in [0.15, 0.2) is 30.5 Å². The number of nitrogens with zero attached hydrogens (tertiary/aromatic N) is 4. The first kappa shape index (κ1) is 21.8. The third-order valence-electron chi connectivity index (χ3n) is 6.75. The molecule has 2 fully saturated rings. The molecule has 2 aliphatic heterocycles. The Bertz CT molecular complexity index is 1070. The zero-order chi connectivity index (χ0) is 23.1. The summed E-state index contributed by atoms with van der Waals surface area (Å²) in [5.74, 6) is 0.842. The van der Waals surface area contributed by atoms with Gasteiger partial charge in [-0.3, -0.25) is 9.36 Å². The van der Waals surface area contributed by atoms with E-state index < -0.39 is 12.1 Å². The number of benzene rings is 1. The minimum absolute atomic E-state index is 0.0267. The lowest BCUT2D eigenvalue weighted by atomic mass is 10.0. The molecular weight excluding hydrogens is 444 g/mol. The molecule has 1 saturated carbocycles. The van der Waals surface area contributed by atoms with E-state index in [2.05, 4.69) is 15.6 Å². The topological polar surface area (TPSA) is 99.6 Å². The van der Waals surface area contributed by atoms with Gasteiger partial charge in [0.05, 0.1) is 18.4 Å². The molecule has 3 heterocycles. The van der Waals surface area contributed by atoms with E-state index in [4.69, 9.17) is 11.6 Å². The Hall–Kier alpha value is -3.07. The van der Waals surface area contributed by atoms with Gasteiger partial charge in [-0.1, -0.05) is 11.6 Å². The number of anilines is 1. The average molecular weight is 471 g/mol. The molecule has 1 aromatic carbocycles. The molecule has 10 heteroatoms. The second-order valence-electron chi connectivity index (χ2n) is 9.02. The van der Waals surface area contributed by atoms with E-state index in [9.17, 15) is 14.4 Å². The van der Waals surface area contributed by atoms with Gasteiger partial charge in [-0.15, -0.1) is 0 Å². The van der Waals surface area contributed by atoms with E-state index in [-0.39, 0.29) is 23.9 Å². The number of fused-ring (bicyclic) bond motifs is 1. The molecule has 0 spiro atoms. The van der Waals surface area contributed by atoms with Gasteiger partial charge in [-0.2, -0.15) is 0 Å². The van der Waals surface area contributed by atoms with Crippen LogP contribution >= 0.6 is 11.6 Å². The second-order valence-corrected chi connectivity index (χ2v) is 9.46. The van der Waals surface area contributed by atoms with Crippen molar-refractivity contribution in [3.8, 4) is 0 Å². The Morgan fingerprint density at radius 1 is 1.12 bits per heavy atom. The zero-order valence-electron chi connectivity index (χ0n) is 18.5. The van der Waals surface area contributed by atoms with Crippen LogP contribution in [0.3, 0.4) is 0 Å². The molecule has 2 aromatic rings. The lowest BCUT2D eigenvalue weighted by Crippen LogP contribution is -2.54. The molecular formula is C23H27ClN6O3. The average Bonchev–Trinajstić information content (AvgIpc) is 3.51. The number of likely N-dealkylation sites (tertiary alicyclic amines) is 1. The lowest BCUT2D eigenvalue weighted by Gasteiger charge is -2.37. The number of halogens is 1. The molecule has 9 nitrogen and oxygen atoms in total. The van der Waals surface area contributed by atoms with Crippen molar-refractivity contribution in [1.82, 2.24) is 24.7 Å². The number of urea groups is 1. The maximum atomic E-state index is 13.3. The van der Waals surface area contributed by atoms with Crippen molar-refractivity contribution < 1.29 is 14.4 Å². The van der Waals surface area contributed by atoms with Crippen LogP contribution < -0.4 is 10.6 Å². The van der Waals surface area contributed by atoms with Gasteiger partial charge in [0.1, 0.15) is 11.9 Å². The van der Waals surface area contributed by atoms with Crippen LogP contribution in [0.25, 0.3) is 0 Å². The molecule has 2 N–H and O–H groups in total. The van der Waals surface area contributed by atoms with Crippen molar-refractivity contribution in [1.29, 1.82) is 0 Å². The summed E-state index contributed by atoms with van der Waals surface area (Å²) >= 11 is 5.89. The van der Waals surface area contributed by atoms with Gasteiger partial charge in [0.2, 0.25) is 5.91 Å². The third kappa shape index (κ3) is 4.42. The number of carbonyl (C=O) groups excluding carboxylic acids is 3. The van der Waals surface area contributed by atoms with Crippen LogP contribution in [0.4, 0.5) is 15.3 Å².